The van der Waals surface area contributed by atoms with Crippen LogP contribution in [0.15, 0.2) is 53.0 Å². The molecule has 0 amide bonds. The number of halogens is 1. The maximum absolute atomic E-state index is 9.93. The third-order valence-corrected chi connectivity index (χ3v) is 3.75. The molecule has 5 heteroatoms. The van der Waals surface area contributed by atoms with Crippen molar-refractivity contribution >= 4 is 28.1 Å². The lowest BCUT2D eigenvalue weighted by molar-refractivity contribution is 0.476. The average Bonchev–Trinajstić information content (AvgIpc) is 2.88. The van der Waals surface area contributed by atoms with Gasteiger partial charge in [0.05, 0.1) is 5.56 Å². The molecule has 1 heterocycles. The molecule has 1 aromatic heterocycles. The highest BCUT2D eigenvalue weighted by Gasteiger charge is 2.11. The Labute approximate surface area is 136 Å². The topological polar surface area (TPSA) is 50.9 Å². The van der Waals surface area contributed by atoms with Crippen molar-refractivity contribution in [3.8, 4) is 17.1 Å². The van der Waals surface area contributed by atoms with Crippen molar-refractivity contribution in [2.45, 2.75) is 0 Å². The van der Waals surface area contributed by atoms with Crippen molar-refractivity contribution < 1.29 is 5.11 Å². The van der Waals surface area contributed by atoms with E-state index in [-0.39, 0.29) is 5.75 Å². The number of hydrogen-bond donors (Lipinski definition) is 1. The van der Waals surface area contributed by atoms with Gasteiger partial charge >= 0.3 is 0 Å². The number of para-hydroxylation sites is 1. The Morgan fingerprint density at radius 2 is 1.77 bits per heavy atom. The number of benzene rings is 2. The molecule has 0 bridgehead atoms. The first-order valence-corrected chi connectivity index (χ1v) is 7.56. The van der Waals surface area contributed by atoms with Crippen molar-refractivity contribution in [2.24, 2.45) is 7.05 Å². The van der Waals surface area contributed by atoms with E-state index in [1.54, 1.807) is 16.8 Å². The van der Waals surface area contributed by atoms with E-state index in [1.807, 2.05) is 55.6 Å². The van der Waals surface area contributed by atoms with Gasteiger partial charge in [0.25, 0.3) is 0 Å². The monoisotopic (exact) mass is 355 g/mol. The number of rotatable bonds is 3. The van der Waals surface area contributed by atoms with E-state index in [0.29, 0.717) is 17.2 Å². The van der Waals surface area contributed by atoms with Gasteiger partial charge in [0.15, 0.2) is 11.6 Å². The summed E-state index contributed by atoms with van der Waals surface area (Å²) in [5.41, 5.74) is 1.74. The fourth-order valence-corrected chi connectivity index (χ4v) is 2.38. The number of aryl methyl sites for hydroxylation is 1. The second kappa shape index (κ2) is 6.15. The summed E-state index contributed by atoms with van der Waals surface area (Å²) in [6, 6.07) is 15.1. The number of phenolic OH excluding ortho intramolecular Hbond substituents is 1. The van der Waals surface area contributed by atoms with Crippen LogP contribution >= 0.6 is 15.9 Å². The predicted octanol–water partition coefficient (Wildman–Crippen LogP) is 4.12. The minimum Gasteiger partial charge on any atom is -0.507 e. The van der Waals surface area contributed by atoms with Crippen LogP contribution in [0.5, 0.6) is 5.75 Å². The van der Waals surface area contributed by atoms with E-state index in [1.165, 1.54) is 0 Å². The second-order valence-electron chi connectivity index (χ2n) is 4.82. The Kier molecular flexibility index (Phi) is 4.06. The molecule has 0 aliphatic carbocycles. The highest BCUT2D eigenvalue weighted by molar-refractivity contribution is 9.10. The molecule has 3 rings (SSSR count). The first-order chi connectivity index (χ1) is 10.6. The van der Waals surface area contributed by atoms with Crippen LogP contribution < -0.4 is 0 Å². The van der Waals surface area contributed by atoms with E-state index in [9.17, 15) is 5.11 Å². The average molecular weight is 356 g/mol. The van der Waals surface area contributed by atoms with Gasteiger partial charge in [-0.1, -0.05) is 46.3 Å². The van der Waals surface area contributed by atoms with Crippen LogP contribution in [0.4, 0.5) is 0 Å². The highest BCUT2D eigenvalue weighted by atomic mass is 79.9. The Balaban J connectivity index is 1.89. The molecule has 0 fully saturated rings. The van der Waals surface area contributed by atoms with E-state index >= 15 is 0 Å². The standard InChI is InChI=1S/C17H14BrN3O/c1-21-17(14-4-2-3-5-15(14)22)19-16(20-21)11-8-12-6-9-13(18)10-7-12/h2-11,22H,1H3. The van der Waals surface area contributed by atoms with Crippen LogP contribution in [0.25, 0.3) is 23.5 Å². The summed E-state index contributed by atoms with van der Waals surface area (Å²) in [6.07, 6.45) is 3.81. The summed E-state index contributed by atoms with van der Waals surface area (Å²) < 4.78 is 2.71. The number of phenols is 1. The maximum atomic E-state index is 9.93. The van der Waals surface area contributed by atoms with Gasteiger partial charge in [-0.3, -0.25) is 0 Å². The lowest BCUT2D eigenvalue weighted by Crippen LogP contribution is -1.94. The van der Waals surface area contributed by atoms with Crippen molar-refractivity contribution in [1.29, 1.82) is 0 Å². The zero-order chi connectivity index (χ0) is 15.5. The fraction of sp³-hybridized carbons (Fsp3) is 0.0588. The first-order valence-electron chi connectivity index (χ1n) is 6.76. The van der Waals surface area contributed by atoms with Crippen LogP contribution in [0.2, 0.25) is 0 Å². The molecular weight excluding hydrogens is 342 g/mol. The Hall–Kier alpha value is -2.40. The summed E-state index contributed by atoms with van der Waals surface area (Å²) >= 11 is 3.41. The van der Waals surface area contributed by atoms with Gasteiger partial charge in [-0.15, -0.1) is 0 Å². The van der Waals surface area contributed by atoms with Crippen LogP contribution in [0.3, 0.4) is 0 Å². The molecule has 110 valence electrons. The Morgan fingerprint density at radius 1 is 1.05 bits per heavy atom. The van der Waals surface area contributed by atoms with Gasteiger partial charge in [0.1, 0.15) is 5.75 Å². The van der Waals surface area contributed by atoms with Gasteiger partial charge in [0, 0.05) is 11.5 Å². The predicted molar refractivity (Wildman–Crippen MR) is 91.2 cm³/mol. The number of nitrogens with zero attached hydrogens (tertiary/aromatic N) is 3. The normalized spacial score (nSPS) is 11.2. The van der Waals surface area contributed by atoms with E-state index in [4.69, 9.17) is 0 Å². The number of aromatic nitrogens is 3. The molecule has 22 heavy (non-hydrogen) atoms. The van der Waals surface area contributed by atoms with E-state index < -0.39 is 0 Å². The third kappa shape index (κ3) is 3.09. The summed E-state index contributed by atoms with van der Waals surface area (Å²) in [5, 5.41) is 14.3. The van der Waals surface area contributed by atoms with Crippen molar-refractivity contribution in [2.75, 3.05) is 0 Å². The smallest absolute Gasteiger partial charge is 0.174 e. The molecule has 4 nitrogen and oxygen atoms in total. The third-order valence-electron chi connectivity index (χ3n) is 3.22. The minimum atomic E-state index is 0.196. The molecule has 0 unspecified atom stereocenters. The van der Waals surface area contributed by atoms with Gasteiger partial charge in [0.2, 0.25) is 0 Å². The molecule has 0 spiro atoms. The van der Waals surface area contributed by atoms with Crippen LogP contribution in [0.1, 0.15) is 11.4 Å². The van der Waals surface area contributed by atoms with Gasteiger partial charge in [-0.25, -0.2) is 9.67 Å². The van der Waals surface area contributed by atoms with Gasteiger partial charge in [-0.05, 0) is 35.9 Å². The number of hydrogen-bond acceptors (Lipinski definition) is 3. The van der Waals surface area contributed by atoms with Gasteiger partial charge in [-0.2, -0.15) is 5.10 Å². The summed E-state index contributed by atoms with van der Waals surface area (Å²) in [4.78, 5) is 4.47. The molecule has 0 saturated heterocycles. The zero-order valence-electron chi connectivity index (χ0n) is 11.9. The van der Waals surface area contributed by atoms with E-state index in [0.717, 1.165) is 10.0 Å². The quantitative estimate of drug-likeness (QED) is 0.768. The maximum Gasteiger partial charge on any atom is 0.174 e. The van der Waals surface area contributed by atoms with Gasteiger partial charge < -0.3 is 5.11 Å². The highest BCUT2D eigenvalue weighted by Crippen LogP contribution is 2.26. The summed E-state index contributed by atoms with van der Waals surface area (Å²) in [5.74, 6) is 1.43. The molecule has 0 aliphatic rings. The summed E-state index contributed by atoms with van der Waals surface area (Å²) in [7, 11) is 1.81. The van der Waals surface area contributed by atoms with Crippen LogP contribution in [-0.4, -0.2) is 19.9 Å². The molecule has 3 aromatic rings. The fourth-order valence-electron chi connectivity index (χ4n) is 2.12. The van der Waals surface area contributed by atoms with Crippen molar-refractivity contribution in [3.05, 3.63) is 64.4 Å². The zero-order valence-corrected chi connectivity index (χ0v) is 13.5. The molecular formula is C17H14BrN3O. The molecule has 1 N–H and O–H groups in total. The second-order valence-corrected chi connectivity index (χ2v) is 5.73. The van der Waals surface area contributed by atoms with Crippen molar-refractivity contribution in [3.63, 3.8) is 0 Å². The van der Waals surface area contributed by atoms with Crippen LogP contribution in [0, 0.1) is 0 Å². The van der Waals surface area contributed by atoms with E-state index in [2.05, 4.69) is 26.0 Å². The summed E-state index contributed by atoms with van der Waals surface area (Å²) in [6.45, 7) is 0. The molecule has 0 radical (unpaired) electrons. The molecule has 0 saturated carbocycles. The minimum absolute atomic E-state index is 0.196. The Morgan fingerprint density at radius 3 is 2.50 bits per heavy atom. The Bertz CT molecular complexity index is 822. The molecule has 0 atom stereocenters. The lowest BCUT2D eigenvalue weighted by Gasteiger charge is -2.01. The SMILES string of the molecule is Cn1nc(C=Cc2ccc(Br)cc2)nc1-c1ccccc1O. The first kappa shape index (κ1) is 14.5. The lowest BCUT2D eigenvalue weighted by atomic mass is 10.2. The van der Waals surface area contributed by atoms with Crippen LogP contribution in [-0.2, 0) is 7.05 Å². The van der Waals surface area contributed by atoms with Crippen molar-refractivity contribution in [1.82, 2.24) is 14.8 Å². The molecule has 0 aliphatic heterocycles. The number of aromatic hydroxyl groups is 1. The molecule has 2 aromatic carbocycles. The largest absolute Gasteiger partial charge is 0.507 e.